The second kappa shape index (κ2) is 10.0. The maximum atomic E-state index is 14.5. The van der Waals surface area contributed by atoms with Crippen LogP contribution in [0.15, 0.2) is 36.4 Å². The summed E-state index contributed by atoms with van der Waals surface area (Å²) < 4.78 is 41.7. The minimum Gasteiger partial charge on any atom is -0.316 e. The smallest absolute Gasteiger partial charge is 0.212 e. The molecule has 2 aromatic carbocycles. The minimum absolute atomic E-state index is 0.00377. The van der Waals surface area contributed by atoms with Crippen LogP contribution >= 0.6 is 11.6 Å². The monoisotopic (exact) mass is 452 g/mol. The van der Waals surface area contributed by atoms with Gasteiger partial charge in [0.05, 0.1) is 22.9 Å². The van der Waals surface area contributed by atoms with Gasteiger partial charge in [-0.3, -0.25) is 4.79 Å². The average molecular weight is 453 g/mol. The molecule has 162 valence electrons. The Hall–Kier alpha value is -1.80. The molecule has 1 unspecified atom stereocenters. The molecular weight excluding hydrogens is 427 g/mol. The van der Waals surface area contributed by atoms with E-state index in [1.807, 2.05) is 31.2 Å². The van der Waals surface area contributed by atoms with Crippen molar-refractivity contribution in [1.29, 1.82) is 0 Å². The molecule has 0 spiro atoms. The highest BCUT2D eigenvalue weighted by Crippen LogP contribution is 2.28. The summed E-state index contributed by atoms with van der Waals surface area (Å²) in [6, 6.07) is 10.4. The number of Topliss-reactive ketones (excluding diaryl/α,β-unsaturated/α-hetero) is 1. The molecule has 2 aromatic rings. The summed E-state index contributed by atoms with van der Waals surface area (Å²) in [5, 5.41) is 3.05. The minimum atomic E-state index is -3.66. The number of ketones is 1. The molecule has 0 aromatic heterocycles. The van der Waals surface area contributed by atoms with Crippen LogP contribution in [0.3, 0.4) is 0 Å². The molecular formula is C22H26ClFN2O3S. The zero-order valence-electron chi connectivity index (χ0n) is 16.9. The molecule has 0 bridgehead atoms. The lowest BCUT2D eigenvalue weighted by Crippen LogP contribution is -2.36. The molecule has 0 amide bonds. The average Bonchev–Trinajstić information content (AvgIpc) is 2.96. The Kier molecular flexibility index (Phi) is 7.63. The standard InChI is InChI=1S/C22H26ClFN2O3S/c1-15-5-4-7-17(9-15)18-10-19(22(24)20(23)11-18)21(27)13-26-30(28,29)14-16-6-2-3-8-25-12-16/h4-5,7,9-11,16,25-26H,2-3,6,8,12-14H2,1H3. The van der Waals surface area contributed by atoms with Gasteiger partial charge in [-0.05, 0) is 62.0 Å². The number of hydrogen-bond donors (Lipinski definition) is 2. The van der Waals surface area contributed by atoms with E-state index in [-0.39, 0.29) is 22.3 Å². The summed E-state index contributed by atoms with van der Waals surface area (Å²) in [6.07, 6.45) is 2.83. The highest BCUT2D eigenvalue weighted by atomic mass is 35.5. The fraction of sp³-hybridized carbons (Fsp3) is 0.409. The van der Waals surface area contributed by atoms with Crippen LogP contribution < -0.4 is 10.0 Å². The Bertz CT molecular complexity index is 1020. The van der Waals surface area contributed by atoms with Crippen molar-refractivity contribution in [2.45, 2.75) is 26.2 Å². The quantitative estimate of drug-likeness (QED) is 0.624. The van der Waals surface area contributed by atoms with Crippen LogP contribution in [0.4, 0.5) is 4.39 Å². The number of aryl methyl sites for hydroxylation is 1. The van der Waals surface area contributed by atoms with Gasteiger partial charge in [0.1, 0.15) is 0 Å². The van der Waals surface area contributed by atoms with Crippen LogP contribution in [0.1, 0.15) is 35.2 Å². The summed E-state index contributed by atoms with van der Waals surface area (Å²) >= 11 is 6.01. The summed E-state index contributed by atoms with van der Waals surface area (Å²) in [4.78, 5) is 12.6. The topological polar surface area (TPSA) is 75.3 Å². The predicted octanol–water partition coefficient (Wildman–Crippen LogP) is 3.95. The van der Waals surface area contributed by atoms with Crippen molar-refractivity contribution < 1.29 is 17.6 Å². The first-order valence-electron chi connectivity index (χ1n) is 10.0. The Labute approximate surface area is 182 Å². The first-order valence-corrected chi connectivity index (χ1v) is 12.1. The van der Waals surface area contributed by atoms with E-state index in [4.69, 9.17) is 11.6 Å². The third kappa shape index (κ3) is 6.11. The van der Waals surface area contributed by atoms with Crippen LogP contribution in [0, 0.1) is 18.7 Å². The van der Waals surface area contributed by atoms with Crippen molar-refractivity contribution in [3.05, 3.63) is 58.4 Å². The van der Waals surface area contributed by atoms with E-state index in [2.05, 4.69) is 10.0 Å². The Morgan fingerprint density at radius 2 is 2.03 bits per heavy atom. The lowest BCUT2D eigenvalue weighted by Gasteiger charge is -2.15. The van der Waals surface area contributed by atoms with Crippen molar-refractivity contribution in [2.24, 2.45) is 5.92 Å². The van der Waals surface area contributed by atoms with Gasteiger partial charge in [0.2, 0.25) is 10.0 Å². The van der Waals surface area contributed by atoms with Gasteiger partial charge in [0.25, 0.3) is 0 Å². The number of carbonyl (C=O) groups is 1. The van der Waals surface area contributed by atoms with Crippen molar-refractivity contribution in [3.63, 3.8) is 0 Å². The number of sulfonamides is 1. The van der Waals surface area contributed by atoms with Gasteiger partial charge in [-0.15, -0.1) is 0 Å². The SMILES string of the molecule is Cc1cccc(-c2cc(Cl)c(F)c(C(=O)CNS(=O)(=O)CC3CCCCNC3)c2)c1. The fourth-order valence-corrected chi connectivity index (χ4v) is 5.25. The second-order valence-electron chi connectivity index (χ2n) is 7.78. The van der Waals surface area contributed by atoms with Crippen LogP contribution in [0.2, 0.25) is 5.02 Å². The first-order chi connectivity index (χ1) is 14.2. The third-order valence-corrected chi connectivity index (χ3v) is 7.01. The highest BCUT2D eigenvalue weighted by Gasteiger charge is 2.23. The van der Waals surface area contributed by atoms with Gasteiger partial charge in [0.15, 0.2) is 11.6 Å². The summed E-state index contributed by atoms with van der Waals surface area (Å²) in [5.41, 5.74) is 2.19. The van der Waals surface area contributed by atoms with Crippen LogP contribution in [0.5, 0.6) is 0 Å². The molecule has 1 atom stereocenters. The Morgan fingerprint density at radius 3 is 2.80 bits per heavy atom. The van der Waals surface area contributed by atoms with Gasteiger partial charge < -0.3 is 5.32 Å². The number of hydrogen-bond acceptors (Lipinski definition) is 4. The molecule has 0 saturated carbocycles. The molecule has 1 fully saturated rings. The number of halogens is 2. The van der Waals surface area contributed by atoms with E-state index in [1.54, 1.807) is 0 Å². The second-order valence-corrected chi connectivity index (χ2v) is 10.0. The fourth-order valence-electron chi connectivity index (χ4n) is 3.66. The summed E-state index contributed by atoms with van der Waals surface area (Å²) in [7, 11) is -3.66. The number of benzene rings is 2. The molecule has 1 aliphatic heterocycles. The van der Waals surface area contributed by atoms with Crippen LogP contribution in [-0.4, -0.2) is 39.6 Å². The normalized spacial score (nSPS) is 17.5. The predicted molar refractivity (Wildman–Crippen MR) is 118 cm³/mol. The Morgan fingerprint density at radius 1 is 1.23 bits per heavy atom. The zero-order valence-corrected chi connectivity index (χ0v) is 18.5. The van der Waals surface area contributed by atoms with Crippen molar-refractivity contribution >= 4 is 27.4 Å². The molecule has 0 radical (unpaired) electrons. The van der Waals surface area contributed by atoms with E-state index in [1.165, 1.54) is 12.1 Å². The molecule has 0 aliphatic carbocycles. The van der Waals surface area contributed by atoms with E-state index >= 15 is 0 Å². The molecule has 1 aliphatic rings. The highest BCUT2D eigenvalue weighted by molar-refractivity contribution is 7.89. The molecule has 2 N–H and O–H groups in total. The number of nitrogens with one attached hydrogen (secondary N) is 2. The van der Waals surface area contributed by atoms with Gasteiger partial charge >= 0.3 is 0 Å². The van der Waals surface area contributed by atoms with Gasteiger partial charge in [-0.25, -0.2) is 17.5 Å². The number of rotatable bonds is 7. The van der Waals surface area contributed by atoms with Gasteiger partial charge in [-0.2, -0.15) is 0 Å². The summed E-state index contributed by atoms with van der Waals surface area (Å²) in [6.45, 7) is 2.95. The van der Waals surface area contributed by atoms with E-state index < -0.39 is 28.2 Å². The van der Waals surface area contributed by atoms with Crippen molar-refractivity contribution in [2.75, 3.05) is 25.4 Å². The maximum absolute atomic E-state index is 14.5. The van der Waals surface area contributed by atoms with E-state index in [0.29, 0.717) is 12.1 Å². The molecule has 3 rings (SSSR count). The largest absolute Gasteiger partial charge is 0.316 e. The zero-order chi connectivity index (χ0) is 21.7. The molecule has 5 nitrogen and oxygen atoms in total. The lowest BCUT2D eigenvalue weighted by molar-refractivity contribution is 0.0993. The molecule has 1 saturated heterocycles. The molecule has 30 heavy (non-hydrogen) atoms. The third-order valence-electron chi connectivity index (χ3n) is 5.24. The number of carbonyl (C=O) groups excluding carboxylic acids is 1. The first kappa shape index (κ1) is 22.9. The molecule has 1 heterocycles. The van der Waals surface area contributed by atoms with Gasteiger partial charge in [0, 0.05) is 0 Å². The van der Waals surface area contributed by atoms with Crippen molar-refractivity contribution in [3.8, 4) is 11.1 Å². The van der Waals surface area contributed by atoms with E-state index in [0.717, 1.165) is 36.9 Å². The van der Waals surface area contributed by atoms with Gasteiger partial charge in [-0.1, -0.05) is 47.9 Å². The maximum Gasteiger partial charge on any atom is 0.212 e. The van der Waals surface area contributed by atoms with Crippen LogP contribution in [0.25, 0.3) is 11.1 Å². The Balaban J connectivity index is 1.73. The molecule has 8 heteroatoms. The van der Waals surface area contributed by atoms with Crippen LogP contribution in [-0.2, 0) is 10.0 Å². The summed E-state index contributed by atoms with van der Waals surface area (Å²) in [5.74, 6) is -1.56. The lowest BCUT2D eigenvalue weighted by atomic mass is 9.99. The van der Waals surface area contributed by atoms with Crippen molar-refractivity contribution in [1.82, 2.24) is 10.0 Å². The van der Waals surface area contributed by atoms with E-state index in [9.17, 15) is 17.6 Å².